The fourth-order valence-electron chi connectivity index (χ4n) is 11.1. The van der Waals surface area contributed by atoms with Crippen molar-refractivity contribution in [3.63, 3.8) is 0 Å². The predicted octanol–water partition coefficient (Wildman–Crippen LogP) is 3.05. The van der Waals surface area contributed by atoms with Crippen LogP contribution in [0.2, 0.25) is 0 Å². The third kappa shape index (κ3) is 7.39. The average molecular weight is 1220 g/mol. The summed E-state index contributed by atoms with van der Waals surface area (Å²) in [5.41, 5.74) is -22.0. The van der Waals surface area contributed by atoms with Crippen LogP contribution in [0.15, 0.2) is 48.8 Å². The van der Waals surface area contributed by atoms with Gasteiger partial charge in [0.15, 0.2) is 116 Å². The topological polar surface area (TPSA) is 587 Å². The van der Waals surface area contributed by atoms with Gasteiger partial charge in [-0.25, -0.2) is 28.8 Å². The van der Waals surface area contributed by atoms with Crippen molar-refractivity contribution in [2.45, 2.75) is 36.9 Å². The number of ether oxygens (including phenoxy) is 4. The number of fused-ring (bicyclic) bond motifs is 7. The molecule has 0 saturated carbocycles. The number of Topliss-reactive ketones (excluding diaryl/α,β-unsaturated/α-hetero) is 1. The van der Waals surface area contributed by atoms with Gasteiger partial charge in [-0.1, -0.05) is 0 Å². The molecule has 0 fully saturated rings. The molecule has 4 aliphatic rings. The lowest BCUT2D eigenvalue weighted by Gasteiger charge is -2.41. The molecule has 1 unspecified atom stereocenters. The summed E-state index contributed by atoms with van der Waals surface area (Å²) in [5, 5.41) is 221. The molecule has 20 N–H and O–H groups in total. The van der Waals surface area contributed by atoms with E-state index in [0.717, 1.165) is 0 Å². The summed E-state index contributed by atoms with van der Waals surface area (Å²) in [4.78, 5) is 104. The van der Waals surface area contributed by atoms with Crippen LogP contribution in [0.1, 0.15) is 69.9 Å². The van der Waals surface area contributed by atoms with E-state index < -0.39 is 287 Å². The Kier molecular flexibility index (Phi) is 11.8. The van der Waals surface area contributed by atoms with Gasteiger partial charge >= 0.3 is 35.1 Å². The number of hydrogen-bond donors (Lipinski definition) is 20. The molecular weight excluding hydrogens is 1190 g/mol. The molecule has 33 nitrogen and oxygen atoms in total. The third-order valence-electron chi connectivity index (χ3n) is 15.1. The average Bonchev–Trinajstić information content (AvgIpc) is 0.842. The molecule has 33 heteroatoms. The number of rotatable bonds is 3. The Balaban J connectivity index is 1.24. The van der Waals surface area contributed by atoms with Gasteiger partial charge in [-0.05, 0) is 30.3 Å². The first kappa shape index (κ1) is 55.7. The molecule has 6 heterocycles. The smallest absolute Gasteiger partial charge is 0.345 e. The Morgan fingerprint density at radius 3 is 1.24 bits per heavy atom. The van der Waals surface area contributed by atoms with Crippen molar-refractivity contribution in [1.82, 2.24) is 0 Å². The summed E-state index contributed by atoms with van der Waals surface area (Å²) in [6.45, 7) is 0. The largest absolute Gasteiger partial charge is 0.504 e. The van der Waals surface area contributed by atoms with Gasteiger partial charge in [0.1, 0.15) is 6.10 Å². The standard InChI is InChI=1S/C55H32O33/c56-11-6-17(83-50(77)7-1-12(57)30(62)13(58)2-7)45(49-48-41(73)29-28(55(82)87-48)23(37(69)42(74)40(29)72)20-10(52(79)88-49)5-16(61)33(65)36(20)68)84-51(78)9-4-15(60)32(64)35(67)19(9)22-27-25-24-26(53(80)85-47(25)44(76)39(22)71)21(38(70)43(75)46(24)86-54(27)81)18-8(11)3-14(59)31(63)34(18)66/h1-5,17,41,45,48-49,57-76H,6H2/t17-,41-,45-,48-,49?/m1/s1. The van der Waals surface area contributed by atoms with Gasteiger partial charge in [0.2, 0.25) is 34.5 Å². The first-order chi connectivity index (χ1) is 41.4. The van der Waals surface area contributed by atoms with Crippen LogP contribution in [0.25, 0.3) is 66.1 Å². The van der Waals surface area contributed by atoms with Crippen LogP contribution in [0.3, 0.4) is 0 Å². The predicted molar refractivity (Wildman–Crippen MR) is 279 cm³/mol. The fraction of sp³-hybridized carbons (Fsp3) is 0.109. The number of cyclic esters (lactones) is 1. The van der Waals surface area contributed by atoms with Crippen LogP contribution in [-0.2, 0) is 18.9 Å². The van der Waals surface area contributed by atoms with E-state index in [1.165, 1.54) is 0 Å². The molecule has 0 radical (unpaired) electrons. The first-order valence-corrected chi connectivity index (χ1v) is 24.5. The SMILES string of the molecule is O=C(O[C@@H]1CC(=O)c2cc(O)c(O)c(O)c2-c2c(O)c(O)c3oc(=O)c4c(c(O)c(O)c5oc(=O)c2c3c54)-c2c(cc(O)c(O)c2O)C(=O)O[C@H]1C1OC(=O)c2cc(O)c(O)c(O)c2-c2c(O)c(O)c(O)c3c2C(=O)O[C@@H]1[C@@H]3O)c1cc(O)c(O)c(O)c1. The van der Waals surface area contributed by atoms with Crippen LogP contribution in [-0.4, -0.2) is 156 Å². The van der Waals surface area contributed by atoms with Gasteiger partial charge in [0, 0.05) is 55.3 Å². The zero-order valence-corrected chi connectivity index (χ0v) is 42.7. The van der Waals surface area contributed by atoms with Crippen LogP contribution < -0.4 is 11.3 Å². The van der Waals surface area contributed by atoms with Crippen LogP contribution in [0, 0.1) is 0 Å². The van der Waals surface area contributed by atoms with E-state index in [1.54, 1.807) is 0 Å². The first-order valence-electron chi connectivity index (χ1n) is 24.5. The molecule has 0 spiro atoms. The second-order valence-electron chi connectivity index (χ2n) is 19.8. The lowest BCUT2D eigenvalue weighted by atomic mass is 9.82. The Bertz CT molecular complexity index is 4890. The zero-order chi connectivity index (χ0) is 63.8. The number of esters is 4. The van der Waals surface area contributed by atoms with Crippen molar-refractivity contribution >= 4 is 62.4 Å². The lowest BCUT2D eigenvalue weighted by Crippen LogP contribution is -2.55. The minimum Gasteiger partial charge on any atom is -0.504 e. The summed E-state index contributed by atoms with van der Waals surface area (Å²) in [7, 11) is 0. The summed E-state index contributed by atoms with van der Waals surface area (Å²) < 4.78 is 33.6. The molecule has 9 aromatic rings. The second-order valence-corrected chi connectivity index (χ2v) is 19.8. The fourth-order valence-corrected chi connectivity index (χ4v) is 11.1. The maximum atomic E-state index is 15.6. The van der Waals surface area contributed by atoms with Crippen LogP contribution in [0.4, 0.5) is 0 Å². The number of aromatic hydroxyl groups is 19. The van der Waals surface area contributed by atoms with E-state index in [4.69, 9.17) is 27.8 Å². The van der Waals surface area contributed by atoms with Crippen molar-refractivity contribution in [3.8, 4) is 143 Å². The van der Waals surface area contributed by atoms with Crippen molar-refractivity contribution in [2.24, 2.45) is 0 Å². The molecule has 10 bridgehead atoms. The van der Waals surface area contributed by atoms with Crippen molar-refractivity contribution < 1.29 is 154 Å². The monoisotopic (exact) mass is 1220 g/mol. The van der Waals surface area contributed by atoms with E-state index in [0.29, 0.717) is 12.1 Å². The number of phenolic OH excluding ortho intramolecular Hbond substituents is 19. The third-order valence-corrected chi connectivity index (χ3v) is 15.1. The van der Waals surface area contributed by atoms with Gasteiger partial charge in [-0.15, -0.1) is 0 Å². The van der Waals surface area contributed by atoms with Gasteiger partial charge in [0.05, 0.1) is 39.4 Å². The molecule has 2 aromatic heterocycles. The number of ketones is 1. The number of phenols is 19. The second kappa shape index (κ2) is 18.6. The minimum absolute atomic E-state index is 0.168. The van der Waals surface area contributed by atoms with E-state index in [-0.39, 0.29) is 18.2 Å². The summed E-state index contributed by atoms with van der Waals surface area (Å²) in [5.74, 6) is -39.8. The van der Waals surface area contributed by atoms with E-state index in [1.807, 2.05) is 0 Å². The highest BCUT2D eigenvalue weighted by Gasteiger charge is 2.55. The molecule has 5 atom stereocenters. The quantitative estimate of drug-likeness (QED) is 0.0397. The molecule has 7 aromatic carbocycles. The Hall–Kier alpha value is -12.8. The van der Waals surface area contributed by atoms with Crippen molar-refractivity contribution in [1.29, 1.82) is 0 Å². The molecule has 0 amide bonds. The number of hydrogen-bond acceptors (Lipinski definition) is 33. The number of carbonyl (C=O) groups is 5. The van der Waals surface area contributed by atoms with Crippen molar-refractivity contribution in [2.75, 3.05) is 0 Å². The number of carbonyl (C=O) groups excluding carboxylic acids is 5. The lowest BCUT2D eigenvalue weighted by molar-refractivity contribution is -0.149. The maximum Gasteiger partial charge on any atom is 0.345 e. The number of benzene rings is 7. The molecule has 0 saturated heterocycles. The van der Waals surface area contributed by atoms with Crippen LogP contribution >= 0.6 is 0 Å². The Morgan fingerprint density at radius 1 is 0.375 bits per heavy atom. The highest BCUT2D eigenvalue weighted by molar-refractivity contribution is 6.29. The molecular formula is C55H32O33. The van der Waals surface area contributed by atoms with Crippen molar-refractivity contribution in [3.05, 3.63) is 84.6 Å². The molecule has 4 aliphatic heterocycles. The minimum atomic E-state index is -3.25. The van der Waals surface area contributed by atoms with Gasteiger partial charge in [0.25, 0.3) is 0 Å². The Labute approximate surface area is 479 Å². The van der Waals surface area contributed by atoms with E-state index >= 15 is 9.59 Å². The molecule has 450 valence electrons. The maximum absolute atomic E-state index is 15.6. The molecule has 13 rings (SSSR count). The van der Waals surface area contributed by atoms with Gasteiger partial charge < -0.3 is 130 Å². The van der Waals surface area contributed by atoms with E-state index in [2.05, 4.69) is 0 Å². The Morgan fingerprint density at radius 2 is 0.761 bits per heavy atom. The zero-order valence-electron chi connectivity index (χ0n) is 42.7. The number of aliphatic hydroxyl groups is 1. The summed E-state index contributed by atoms with van der Waals surface area (Å²) in [6.07, 6.45) is -17.1. The molecule has 0 aliphatic carbocycles. The van der Waals surface area contributed by atoms with Crippen LogP contribution in [0.5, 0.6) is 109 Å². The highest BCUT2D eigenvalue weighted by atomic mass is 16.6. The number of aliphatic hydroxyl groups excluding tert-OH is 1. The van der Waals surface area contributed by atoms with Gasteiger partial charge in [-0.2, -0.15) is 0 Å². The van der Waals surface area contributed by atoms with Gasteiger partial charge in [-0.3, -0.25) is 4.79 Å². The highest BCUT2D eigenvalue weighted by Crippen LogP contribution is 2.61. The molecule has 88 heavy (non-hydrogen) atoms. The summed E-state index contributed by atoms with van der Waals surface area (Å²) in [6, 6.07) is 1.47. The summed E-state index contributed by atoms with van der Waals surface area (Å²) >= 11 is 0. The normalized spacial score (nSPS) is 18.1. The van der Waals surface area contributed by atoms with E-state index in [9.17, 15) is 126 Å².